The number of carboxylic acid groups (broad SMARTS) is 1. The second-order valence-corrected chi connectivity index (χ2v) is 3.66. The van der Waals surface area contributed by atoms with Crippen LogP contribution in [0.2, 0.25) is 0 Å². The normalized spacial score (nSPS) is 12.9. The molecule has 0 fully saturated rings. The third-order valence-electron chi connectivity index (χ3n) is 2.51. The topological polar surface area (TPSA) is 94.0 Å². The summed E-state index contributed by atoms with van der Waals surface area (Å²) in [5, 5.41) is 13.8. The molecule has 0 aliphatic carbocycles. The van der Waals surface area contributed by atoms with E-state index in [-0.39, 0.29) is 0 Å². The largest absolute Gasteiger partial charge is 0.480 e. The molecule has 16 heavy (non-hydrogen) atoms. The number of nitrogens with two attached hydrogens (primary N) is 1. The van der Waals surface area contributed by atoms with Crippen molar-refractivity contribution in [3.05, 3.63) is 23.5 Å². The first-order valence-electron chi connectivity index (χ1n) is 4.78. The highest BCUT2D eigenvalue weighted by Crippen LogP contribution is 2.19. The second kappa shape index (κ2) is 3.57. The minimum Gasteiger partial charge on any atom is -0.480 e. The molecule has 1 atom stereocenters. The molecule has 0 spiro atoms. The number of rotatable bonds is 2. The van der Waals surface area contributed by atoms with Crippen LogP contribution >= 0.6 is 0 Å². The molecule has 1 unspecified atom stereocenters. The Morgan fingerprint density at radius 3 is 2.94 bits per heavy atom. The number of pyridine rings is 1. The van der Waals surface area contributed by atoms with E-state index in [1.165, 1.54) is 6.20 Å². The van der Waals surface area contributed by atoms with E-state index in [1.807, 2.05) is 6.92 Å². The third-order valence-corrected chi connectivity index (χ3v) is 2.51. The van der Waals surface area contributed by atoms with E-state index in [9.17, 15) is 4.79 Å². The Morgan fingerprint density at radius 2 is 2.31 bits per heavy atom. The fourth-order valence-electron chi connectivity index (χ4n) is 1.64. The molecule has 0 aliphatic heterocycles. The van der Waals surface area contributed by atoms with E-state index in [4.69, 9.17) is 10.8 Å². The molecule has 0 bridgehead atoms. The maximum Gasteiger partial charge on any atom is 0.325 e. The zero-order valence-electron chi connectivity index (χ0n) is 9.01. The molecule has 0 aromatic carbocycles. The van der Waals surface area contributed by atoms with E-state index < -0.39 is 12.0 Å². The lowest BCUT2D eigenvalue weighted by Crippen LogP contribution is -2.20. The van der Waals surface area contributed by atoms with Crippen LogP contribution in [-0.4, -0.2) is 25.8 Å². The van der Waals surface area contributed by atoms with Crippen LogP contribution in [0.15, 0.2) is 12.3 Å². The summed E-state index contributed by atoms with van der Waals surface area (Å²) in [5.41, 5.74) is 7.53. The Kier molecular flexibility index (Phi) is 2.35. The van der Waals surface area contributed by atoms with Crippen molar-refractivity contribution in [2.45, 2.75) is 13.0 Å². The lowest BCUT2D eigenvalue weighted by Gasteiger charge is -2.05. The predicted octanol–water partition coefficient (Wildman–Crippen LogP) is 0.361. The molecule has 2 aromatic rings. The van der Waals surface area contributed by atoms with E-state index in [1.54, 1.807) is 17.8 Å². The Morgan fingerprint density at radius 1 is 1.62 bits per heavy atom. The van der Waals surface area contributed by atoms with E-state index >= 15 is 0 Å². The van der Waals surface area contributed by atoms with Gasteiger partial charge < -0.3 is 10.8 Å². The number of nitrogens with zero attached hydrogens (tertiary/aromatic N) is 3. The van der Waals surface area contributed by atoms with Gasteiger partial charge in [0.15, 0.2) is 5.65 Å². The molecule has 0 saturated carbocycles. The summed E-state index contributed by atoms with van der Waals surface area (Å²) in [4.78, 5) is 14.9. The van der Waals surface area contributed by atoms with Crippen LogP contribution < -0.4 is 5.73 Å². The quantitative estimate of drug-likeness (QED) is 0.762. The second-order valence-electron chi connectivity index (χ2n) is 3.66. The van der Waals surface area contributed by atoms with Crippen molar-refractivity contribution in [2.24, 2.45) is 12.8 Å². The summed E-state index contributed by atoms with van der Waals surface area (Å²) in [6, 6.07) is 0.681. The van der Waals surface area contributed by atoms with Gasteiger partial charge in [-0.05, 0) is 18.6 Å². The summed E-state index contributed by atoms with van der Waals surface area (Å²) in [6.45, 7) is 1.85. The van der Waals surface area contributed by atoms with Gasteiger partial charge in [-0.3, -0.25) is 9.48 Å². The van der Waals surface area contributed by atoms with Gasteiger partial charge in [-0.25, -0.2) is 4.98 Å². The zero-order chi connectivity index (χ0) is 11.9. The highest BCUT2D eigenvalue weighted by molar-refractivity contribution is 5.81. The summed E-state index contributed by atoms with van der Waals surface area (Å²) >= 11 is 0. The first-order chi connectivity index (χ1) is 7.50. The molecule has 0 aliphatic rings. The molecule has 3 N–H and O–H groups in total. The maximum atomic E-state index is 10.8. The predicted molar refractivity (Wildman–Crippen MR) is 57.8 cm³/mol. The molecule has 0 saturated heterocycles. The maximum absolute atomic E-state index is 10.8. The van der Waals surface area contributed by atoms with Crippen molar-refractivity contribution >= 4 is 17.0 Å². The van der Waals surface area contributed by atoms with Crippen LogP contribution in [0.1, 0.15) is 17.3 Å². The van der Waals surface area contributed by atoms with Crippen LogP contribution in [0.5, 0.6) is 0 Å². The van der Waals surface area contributed by atoms with Crippen LogP contribution in [0, 0.1) is 6.92 Å². The molecule has 84 valence electrons. The van der Waals surface area contributed by atoms with Gasteiger partial charge in [-0.1, -0.05) is 0 Å². The first kappa shape index (κ1) is 10.6. The minimum absolute atomic E-state index is 0.483. The molecule has 2 heterocycles. The van der Waals surface area contributed by atoms with Gasteiger partial charge in [-0.2, -0.15) is 5.10 Å². The van der Waals surface area contributed by atoms with Crippen LogP contribution in [0.25, 0.3) is 11.0 Å². The standard InChI is InChI=1S/C10H12N4O2/c1-5-7-3-6(8(11)10(15)16)4-12-9(7)14(2)13-5/h3-4,8H,11H2,1-2H3,(H,15,16). The summed E-state index contributed by atoms with van der Waals surface area (Å²) in [6.07, 6.45) is 1.47. The van der Waals surface area contributed by atoms with E-state index in [0.717, 1.165) is 16.7 Å². The van der Waals surface area contributed by atoms with E-state index in [0.29, 0.717) is 5.56 Å². The van der Waals surface area contributed by atoms with Crippen LogP contribution in [0.3, 0.4) is 0 Å². The first-order valence-corrected chi connectivity index (χ1v) is 4.78. The minimum atomic E-state index is -1.07. The average Bonchev–Trinajstić information content (AvgIpc) is 2.53. The van der Waals surface area contributed by atoms with Gasteiger partial charge in [0.1, 0.15) is 6.04 Å². The van der Waals surface area contributed by atoms with E-state index in [2.05, 4.69) is 10.1 Å². The Bertz CT molecular complexity index is 561. The monoisotopic (exact) mass is 220 g/mol. The highest BCUT2D eigenvalue weighted by atomic mass is 16.4. The van der Waals surface area contributed by atoms with Gasteiger partial charge in [0, 0.05) is 18.6 Å². The van der Waals surface area contributed by atoms with Gasteiger partial charge in [-0.15, -0.1) is 0 Å². The smallest absolute Gasteiger partial charge is 0.325 e. The summed E-state index contributed by atoms with van der Waals surface area (Å²) in [5.74, 6) is -1.07. The molecule has 2 rings (SSSR count). The molecule has 6 heteroatoms. The molecule has 2 aromatic heterocycles. The van der Waals surface area contributed by atoms with Crippen molar-refractivity contribution in [1.29, 1.82) is 0 Å². The lowest BCUT2D eigenvalue weighted by molar-refractivity contribution is -0.138. The number of fused-ring (bicyclic) bond motifs is 1. The number of carboxylic acids is 1. The van der Waals surface area contributed by atoms with Gasteiger partial charge in [0.2, 0.25) is 0 Å². The number of hydrogen-bond donors (Lipinski definition) is 2. The molecular formula is C10H12N4O2. The van der Waals surface area contributed by atoms with Crippen molar-refractivity contribution in [3.63, 3.8) is 0 Å². The Labute approximate surface area is 91.7 Å². The summed E-state index contributed by atoms with van der Waals surface area (Å²) < 4.78 is 1.65. The van der Waals surface area contributed by atoms with Gasteiger partial charge >= 0.3 is 5.97 Å². The summed E-state index contributed by atoms with van der Waals surface area (Å²) in [7, 11) is 1.79. The molecule has 6 nitrogen and oxygen atoms in total. The number of aromatic nitrogens is 3. The number of aliphatic carboxylic acids is 1. The lowest BCUT2D eigenvalue weighted by atomic mass is 10.1. The fraction of sp³-hybridized carbons (Fsp3) is 0.300. The zero-order valence-corrected chi connectivity index (χ0v) is 9.01. The van der Waals surface area contributed by atoms with Crippen molar-refractivity contribution < 1.29 is 9.90 Å². The van der Waals surface area contributed by atoms with Crippen molar-refractivity contribution in [1.82, 2.24) is 14.8 Å². The SMILES string of the molecule is Cc1nn(C)c2ncc(C(N)C(=O)O)cc12. The fourth-order valence-corrected chi connectivity index (χ4v) is 1.64. The van der Waals surface area contributed by atoms with Crippen LogP contribution in [-0.2, 0) is 11.8 Å². The highest BCUT2D eigenvalue weighted by Gasteiger charge is 2.16. The number of carbonyl (C=O) groups is 1. The Hall–Kier alpha value is -1.95. The molecular weight excluding hydrogens is 208 g/mol. The van der Waals surface area contributed by atoms with Crippen molar-refractivity contribution in [2.75, 3.05) is 0 Å². The average molecular weight is 220 g/mol. The van der Waals surface area contributed by atoms with Crippen LogP contribution in [0.4, 0.5) is 0 Å². The van der Waals surface area contributed by atoms with Gasteiger partial charge in [0.25, 0.3) is 0 Å². The third kappa shape index (κ3) is 1.53. The molecule has 0 amide bonds. The van der Waals surface area contributed by atoms with Gasteiger partial charge in [0.05, 0.1) is 5.69 Å². The number of hydrogen-bond acceptors (Lipinski definition) is 4. The Balaban J connectivity index is 2.60. The van der Waals surface area contributed by atoms with Crippen molar-refractivity contribution in [3.8, 4) is 0 Å². The number of aryl methyl sites for hydroxylation is 2. The molecule has 0 radical (unpaired) electrons.